The summed E-state index contributed by atoms with van der Waals surface area (Å²) in [4.78, 5) is 16.7. The fourth-order valence-corrected chi connectivity index (χ4v) is 3.30. The third-order valence-corrected chi connectivity index (χ3v) is 4.94. The molecule has 0 spiro atoms. The van der Waals surface area contributed by atoms with Gasteiger partial charge in [0.15, 0.2) is 11.5 Å². The first-order valence-electron chi connectivity index (χ1n) is 9.39. The van der Waals surface area contributed by atoms with Gasteiger partial charge < -0.3 is 19.3 Å². The molecule has 148 valence electrons. The van der Waals surface area contributed by atoms with Crippen molar-refractivity contribution >= 4 is 29.3 Å². The van der Waals surface area contributed by atoms with Gasteiger partial charge in [0.05, 0.1) is 13.7 Å². The topological polar surface area (TPSA) is 42.0 Å². The van der Waals surface area contributed by atoms with Gasteiger partial charge >= 0.3 is 0 Å². The number of carbonyl (C=O) groups is 1. The van der Waals surface area contributed by atoms with Crippen molar-refractivity contribution in [2.75, 3.05) is 44.8 Å². The van der Waals surface area contributed by atoms with E-state index in [1.807, 2.05) is 60.4 Å². The molecule has 28 heavy (non-hydrogen) atoms. The van der Waals surface area contributed by atoms with Gasteiger partial charge in [-0.25, -0.2) is 0 Å². The Bertz CT molecular complexity index is 828. The van der Waals surface area contributed by atoms with Crippen LogP contribution >= 0.6 is 11.6 Å². The molecule has 3 rings (SSSR count). The van der Waals surface area contributed by atoms with Crippen LogP contribution in [0.2, 0.25) is 5.02 Å². The maximum Gasteiger partial charge on any atom is 0.246 e. The summed E-state index contributed by atoms with van der Waals surface area (Å²) in [7, 11) is 1.61. The quantitative estimate of drug-likeness (QED) is 0.684. The van der Waals surface area contributed by atoms with Crippen LogP contribution in [0.5, 0.6) is 11.5 Å². The van der Waals surface area contributed by atoms with E-state index in [0.29, 0.717) is 31.2 Å². The molecule has 0 radical (unpaired) electrons. The molecule has 0 bridgehead atoms. The zero-order valence-corrected chi connectivity index (χ0v) is 17.0. The second-order valence-electron chi connectivity index (χ2n) is 6.47. The maximum absolute atomic E-state index is 12.5. The fourth-order valence-electron chi connectivity index (χ4n) is 3.17. The van der Waals surface area contributed by atoms with E-state index in [1.54, 1.807) is 13.2 Å². The molecule has 0 unspecified atom stereocenters. The molecular formula is C22H25ClN2O3. The first kappa shape index (κ1) is 20.1. The lowest BCUT2D eigenvalue weighted by molar-refractivity contribution is -0.126. The summed E-state index contributed by atoms with van der Waals surface area (Å²) in [5, 5.41) is 0.730. The summed E-state index contributed by atoms with van der Waals surface area (Å²) in [6.45, 7) is 5.50. The second-order valence-corrected chi connectivity index (χ2v) is 6.90. The molecule has 1 amide bonds. The number of piperazine rings is 1. The van der Waals surface area contributed by atoms with E-state index in [2.05, 4.69) is 4.90 Å². The molecule has 2 aromatic rings. The van der Waals surface area contributed by atoms with Crippen LogP contribution in [0.3, 0.4) is 0 Å². The van der Waals surface area contributed by atoms with Gasteiger partial charge in [0.2, 0.25) is 5.91 Å². The normalized spacial score (nSPS) is 14.4. The number of rotatable bonds is 6. The number of benzene rings is 2. The van der Waals surface area contributed by atoms with Crippen LogP contribution in [0, 0.1) is 0 Å². The van der Waals surface area contributed by atoms with Gasteiger partial charge in [0.25, 0.3) is 0 Å². The summed E-state index contributed by atoms with van der Waals surface area (Å²) in [6.07, 6.45) is 3.43. The molecule has 6 heteroatoms. The summed E-state index contributed by atoms with van der Waals surface area (Å²) in [6, 6.07) is 13.4. The van der Waals surface area contributed by atoms with Crippen LogP contribution in [-0.2, 0) is 4.79 Å². The number of hydrogen-bond donors (Lipinski definition) is 0. The molecule has 0 aliphatic carbocycles. The average molecular weight is 401 g/mol. The Hall–Kier alpha value is -2.66. The van der Waals surface area contributed by atoms with Crippen molar-refractivity contribution in [3.63, 3.8) is 0 Å². The van der Waals surface area contributed by atoms with Gasteiger partial charge in [-0.2, -0.15) is 0 Å². The average Bonchev–Trinajstić information content (AvgIpc) is 2.73. The summed E-state index contributed by atoms with van der Waals surface area (Å²) in [5.74, 6) is 1.38. The van der Waals surface area contributed by atoms with Crippen molar-refractivity contribution in [2.45, 2.75) is 6.92 Å². The summed E-state index contributed by atoms with van der Waals surface area (Å²) < 4.78 is 10.9. The molecular weight excluding hydrogens is 376 g/mol. The van der Waals surface area contributed by atoms with Crippen molar-refractivity contribution in [3.8, 4) is 11.5 Å². The third-order valence-electron chi connectivity index (χ3n) is 4.69. The van der Waals surface area contributed by atoms with Crippen molar-refractivity contribution in [2.24, 2.45) is 0 Å². The highest BCUT2D eigenvalue weighted by atomic mass is 35.5. The molecule has 5 nitrogen and oxygen atoms in total. The van der Waals surface area contributed by atoms with Crippen molar-refractivity contribution in [3.05, 3.63) is 59.1 Å². The largest absolute Gasteiger partial charge is 0.493 e. The number of nitrogens with zero attached hydrogens (tertiary/aromatic N) is 2. The summed E-state index contributed by atoms with van der Waals surface area (Å²) >= 11 is 5.95. The Morgan fingerprint density at radius 3 is 2.43 bits per heavy atom. The highest BCUT2D eigenvalue weighted by Crippen LogP contribution is 2.28. The Kier molecular flexibility index (Phi) is 6.82. The molecule has 1 saturated heterocycles. The van der Waals surface area contributed by atoms with Crippen LogP contribution < -0.4 is 14.4 Å². The van der Waals surface area contributed by atoms with Crippen LogP contribution in [0.15, 0.2) is 48.5 Å². The number of hydrogen-bond acceptors (Lipinski definition) is 4. The molecule has 0 saturated carbocycles. The van der Waals surface area contributed by atoms with E-state index in [-0.39, 0.29) is 5.91 Å². The minimum atomic E-state index is 0.0172. The predicted molar refractivity (Wildman–Crippen MR) is 113 cm³/mol. The third kappa shape index (κ3) is 4.98. The Morgan fingerprint density at radius 2 is 1.79 bits per heavy atom. The molecule has 2 aromatic carbocycles. The molecule has 0 N–H and O–H groups in total. The van der Waals surface area contributed by atoms with E-state index in [4.69, 9.17) is 21.1 Å². The standard InChI is InChI=1S/C22H25ClN2O3/c1-3-28-20-10-4-17(16-21(20)27-2)5-11-22(26)25-14-12-24(13-15-25)19-8-6-18(23)7-9-19/h4-11,16H,3,12-15H2,1-2H3/b11-5+. The number of methoxy groups -OCH3 is 1. The predicted octanol–water partition coefficient (Wildman–Crippen LogP) is 4.11. The van der Waals surface area contributed by atoms with Gasteiger partial charge in [0, 0.05) is 43.0 Å². The first-order valence-corrected chi connectivity index (χ1v) is 9.77. The highest BCUT2D eigenvalue weighted by Gasteiger charge is 2.19. The first-order chi connectivity index (χ1) is 13.6. The Labute approximate surface area is 171 Å². The lowest BCUT2D eigenvalue weighted by Gasteiger charge is -2.35. The number of amides is 1. The van der Waals surface area contributed by atoms with Gasteiger partial charge in [-0.05, 0) is 55.0 Å². The Balaban J connectivity index is 1.57. The van der Waals surface area contributed by atoms with Gasteiger partial charge in [-0.3, -0.25) is 4.79 Å². The molecule has 1 aliphatic heterocycles. The number of ether oxygens (including phenoxy) is 2. The molecule has 1 fully saturated rings. The fraction of sp³-hybridized carbons (Fsp3) is 0.318. The maximum atomic E-state index is 12.5. The Morgan fingerprint density at radius 1 is 1.07 bits per heavy atom. The van der Waals surface area contributed by atoms with E-state index in [0.717, 1.165) is 29.4 Å². The highest BCUT2D eigenvalue weighted by molar-refractivity contribution is 6.30. The lowest BCUT2D eigenvalue weighted by atomic mass is 10.1. The number of carbonyl (C=O) groups excluding carboxylic acids is 1. The van der Waals surface area contributed by atoms with E-state index < -0.39 is 0 Å². The van der Waals surface area contributed by atoms with E-state index >= 15 is 0 Å². The van der Waals surface area contributed by atoms with E-state index in [1.165, 1.54) is 0 Å². The summed E-state index contributed by atoms with van der Waals surface area (Å²) in [5.41, 5.74) is 2.03. The van der Waals surface area contributed by atoms with Gasteiger partial charge in [0.1, 0.15) is 0 Å². The molecule has 1 aliphatic rings. The van der Waals surface area contributed by atoms with Crippen molar-refractivity contribution in [1.29, 1.82) is 0 Å². The van der Waals surface area contributed by atoms with Crippen molar-refractivity contribution in [1.82, 2.24) is 4.90 Å². The van der Waals surface area contributed by atoms with Crippen LogP contribution in [0.1, 0.15) is 12.5 Å². The number of halogens is 1. The lowest BCUT2D eigenvalue weighted by Crippen LogP contribution is -2.48. The van der Waals surface area contributed by atoms with Crippen LogP contribution in [0.4, 0.5) is 5.69 Å². The number of anilines is 1. The van der Waals surface area contributed by atoms with Crippen molar-refractivity contribution < 1.29 is 14.3 Å². The molecule has 0 aromatic heterocycles. The zero-order chi connectivity index (χ0) is 19.9. The zero-order valence-electron chi connectivity index (χ0n) is 16.2. The van der Waals surface area contributed by atoms with Crippen LogP contribution in [-0.4, -0.2) is 50.7 Å². The smallest absolute Gasteiger partial charge is 0.246 e. The van der Waals surface area contributed by atoms with E-state index in [9.17, 15) is 4.79 Å². The monoisotopic (exact) mass is 400 g/mol. The van der Waals surface area contributed by atoms with Gasteiger partial charge in [-0.15, -0.1) is 0 Å². The molecule has 0 atom stereocenters. The van der Waals surface area contributed by atoms with Crippen LogP contribution in [0.25, 0.3) is 6.08 Å². The second kappa shape index (κ2) is 9.51. The SMILES string of the molecule is CCOc1ccc(/C=C/C(=O)N2CCN(c3ccc(Cl)cc3)CC2)cc1OC. The molecule has 1 heterocycles. The minimum absolute atomic E-state index is 0.0172. The minimum Gasteiger partial charge on any atom is -0.493 e. The van der Waals surface area contributed by atoms with Gasteiger partial charge in [-0.1, -0.05) is 17.7 Å².